The fraction of sp³-hybridized carbons (Fsp3) is 0.222. The summed E-state index contributed by atoms with van der Waals surface area (Å²) in [6.07, 6.45) is 0. The van der Waals surface area contributed by atoms with Gasteiger partial charge >= 0.3 is 0 Å². The van der Waals surface area contributed by atoms with Crippen molar-refractivity contribution in [3.05, 3.63) is 48.5 Å². The Morgan fingerprint density at radius 3 is 2.42 bits per heavy atom. The molecule has 6 nitrogen and oxygen atoms in total. The smallest absolute Gasteiger partial charge is 0.243 e. The van der Waals surface area contributed by atoms with Crippen LogP contribution in [0.3, 0.4) is 0 Å². The molecule has 2 rings (SSSR count). The standard InChI is InChI=1S/C18H21N3O3/c1-13(22)21(2)16-9-7-14(8-10-16)19-12-18(23)20-15-5-4-6-17(11-15)24-3/h4-11,19H,12H2,1-3H3,(H,20,23). The fourth-order valence-corrected chi connectivity index (χ4v) is 2.07. The Kier molecular flexibility index (Phi) is 5.78. The van der Waals surface area contributed by atoms with Gasteiger partial charge in [-0.25, -0.2) is 0 Å². The Morgan fingerprint density at radius 1 is 1.08 bits per heavy atom. The van der Waals surface area contributed by atoms with Crippen LogP contribution >= 0.6 is 0 Å². The summed E-state index contributed by atoms with van der Waals surface area (Å²) < 4.78 is 5.12. The van der Waals surface area contributed by atoms with Gasteiger partial charge in [0.2, 0.25) is 11.8 Å². The zero-order valence-electron chi connectivity index (χ0n) is 14.0. The third-order valence-corrected chi connectivity index (χ3v) is 3.53. The lowest BCUT2D eigenvalue weighted by Crippen LogP contribution is -2.23. The zero-order valence-corrected chi connectivity index (χ0v) is 14.0. The number of nitrogens with zero attached hydrogens (tertiary/aromatic N) is 1. The van der Waals surface area contributed by atoms with E-state index < -0.39 is 0 Å². The minimum atomic E-state index is -0.159. The number of hydrogen-bond acceptors (Lipinski definition) is 4. The van der Waals surface area contributed by atoms with Crippen LogP contribution in [-0.2, 0) is 9.59 Å². The molecule has 0 saturated heterocycles. The average molecular weight is 327 g/mol. The van der Waals surface area contributed by atoms with Crippen LogP contribution in [0.25, 0.3) is 0 Å². The number of amides is 2. The van der Waals surface area contributed by atoms with E-state index in [4.69, 9.17) is 4.74 Å². The lowest BCUT2D eigenvalue weighted by molar-refractivity contribution is -0.116. The predicted molar refractivity (Wildman–Crippen MR) is 95.6 cm³/mol. The van der Waals surface area contributed by atoms with Crippen molar-refractivity contribution in [3.8, 4) is 5.75 Å². The van der Waals surface area contributed by atoms with Crippen LogP contribution in [0.15, 0.2) is 48.5 Å². The quantitative estimate of drug-likeness (QED) is 0.856. The molecule has 0 heterocycles. The second-order valence-corrected chi connectivity index (χ2v) is 5.26. The maximum Gasteiger partial charge on any atom is 0.243 e. The number of nitrogens with one attached hydrogen (secondary N) is 2. The second kappa shape index (κ2) is 8.01. The van der Waals surface area contributed by atoms with E-state index in [-0.39, 0.29) is 18.4 Å². The highest BCUT2D eigenvalue weighted by atomic mass is 16.5. The van der Waals surface area contributed by atoms with Crippen LogP contribution < -0.4 is 20.3 Å². The summed E-state index contributed by atoms with van der Waals surface area (Å²) in [5.41, 5.74) is 2.28. The van der Waals surface area contributed by atoms with Crippen molar-refractivity contribution in [1.29, 1.82) is 0 Å². The molecule has 0 fully saturated rings. The van der Waals surface area contributed by atoms with Crippen LogP contribution in [0, 0.1) is 0 Å². The van der Waals surface area contributed by atoms with E-state index in [2.05, 4.69) is 10.6 Å². The topological polar surface area (TPSA) is 70.7 Å². The minimum Gasteiger partial charge on any atom is -0.497 e. The molecule has 0 bridgehead atoms. The van der Waals surface area contributed by atoms with E-state index in [1.54, 1.807) is 31.2 Å². The maximum absolute atomic E-state index is 12.0. The number of hydrogen-bond donors (Lipinski definition) is 2. The first-order valence-corrected chi connectivity index (χ1v) is 7.51. The number of rotatable bonds is 6. The summed E-state index contributed by atoms with van der Waals surface area (Å²) >= 11 is 0. The Balaban J connectivity index is 1.88. The highest BCUT2D eigenvalue weighted by molar-refractivity contribution is 5.94. The molecule has 2 aromatic rings. The van der Waals surface area contributed by atoms with Crippen LogP contribution in [0.4, 0.5) is 17.1 Å². The zero-order chi connectivity index (χ0) is 17.5. The Bertz CT molecular complexity index is 714. The largest absolute Gasteiger partial charge is 0.497 e. The Labute approximate surface area is 141 Å². The third-order valence-electron chi connectivity index (χ3n) is 3.53. The summed E-state index contributed by atoms with van der Waals surface area (Å²) in [5, 5.41) is 5.84. The molecule has 0 aliphatic rings. The molecule has 2 aromatic carbocycles. The second-order valence-electron chi connectivity index (χ2n) is 5.26. The van der Waals surface area contributed by atoms with E-state index in [1.165, 1.54) is 6.92 Å². The lowest BCUT2D eigenvalue weighted by Gasteiger charge is -2.15. The van der Waals surface area contributed by atoms with Gasteiger partial charge in [-0.15, -0.1) is 0 Å². The first-order valence-electron chi connectivity index (χ1n) is 7.51. The number of anilines is 3. The number of carbonyl (C=O) groups is 2. The summed E-state index contributed by atoms with van der Waals surface area (Å²) in [6.45, 7) is 1.65. The van der Waals surface area contributed by atoms with E-state index in [9.17, 15) is 9.59 Å². The molecule has 0 atom stereocenters. The van der Waals surface area contributed by atoms with Gasteiger partial charge in [-0.1, -0.05) is 6.07 Å². The molecule has 2 amide bonds. The summed E-state index contributed by atoms with van der Waals surface area (Å²) in [7, 11) is 3.29. The molecule has 2 N–H and O–H groups in total. The first-order chi connectivity index (χ1) is 11.5. The van der Waals surface area contributed by atoms with E-state index in [1.807, 2.05) is 36.4 Å². The molecule has 126 valence electrons. The molecule has 0 unspecified atom stereocenters. The Hall–Kier alpha value is -3.02. The van der Waals surface area contributed by atoms with Crippen molar-refractivity contribution < 1.29 is 14.3 Å². The van der Waals surface area contributed by atoms with E-state index >= 15 is 0 Å². The van der Waals surface area contributed by atoms with Crippen LogP contribution in [0.2, 0.25) is 0 Å². The summed E-state index contributed by atoms with van der Waals surface area (Å²) in [6, 6.07) is 14.5. The molecule has 6 heteroatoms. The van der Waals surface area contributed by atoms with Gasteiger partial charge < -0.3 is 20.3 Å². The highest BCUT2D eigenvalue weighted by Gasteiger charge is 2.06. The van der Waals surface area contributed by atoms with Gasteiger partial charge in [0.25, 0.3) is 0 Å². The molecule has 0 aliphatic heterocycles. The Morgan fingerprint density at radius 2 is 1.79 bits per heavy atom. The van der Waals surface area contributed by atoms with Crippen LogP contribution in [0.1, 0.15) is 6.92 Å². The molecular weight excluding hydrogens is 306 g/mol. The van der Waals surface area contributed by atoms with E-state index in [0.29, 0.717) is 11.4 Å². The molecule has 0 aliphatic carbocycles. The molecule has 0 aromatic heterocycles. The van der Waals surface area contributed by atoms with Gasteiger partial charge in [0.15, 0.2) is 0 Å². The van der Waals surface area contributed by atoms with Gasteiger partial charge in [0.05, 0.1) is 13.7 Å². The van der Waals surface area contributed by atoms with Crippen molar-refractivity contribution >= 4 is 28.9 Å². The summed E-state index contributed by atoms with van der Waals surface area (Å²) in [4.78, 5) is 24.8. The predicted octanol–water partition coefficient (Wildman–Crippen LogP) is 2.73. The van der Waals surface area contributed by atoms with Crippen molar-refractivity contribution in [2.24, 2.45) is 0 Å². The van der Waals surface area contributed by atoms with Gasteiger partial charge in [0.1, 0.15) is 5.75 Å². The first kappa shape index (κ1) is 17.3. The highest BCUT2D eigenvalue weighted by Crippen LogP contribution is 2.18. The normalized spacial score (nSPS) is 9.96. The molecular formula is C18H21N3O3. The average Bonchev–Trinajstić information content (AvgIpc) is 2.60. The monoisotopic (exact) mass is 327 g/mol. The number of benzene rings is 2. The maximum atomic E-state index is 12.0. The van der Waals surface area contributed by atoms with Gasteiger partial charge in [-0.05, 0) is 36.4 Å². The third kappa shape index (κ3) is 4.74. The number of ether oxygens (including phenoxy) is 1. The molecule has 0 saturated carbocycles. The van der Waals surface area contributed by atoms with Crippen molar-refractivity contribution in [3.63, 3.8) is 0 Å². The van der Waals surface area contributed by atoms with Crippen LogP contribution in [-0.4, -0.2) is 32.5 Å². The molecule has 0 spiro atoms. The number of carbonyl (C=O) groups excluding carboxylic acids is 2. The van der Waals surface area contributed by atoms with Gasteiger partial charge in [-0.2, -0.15) is 0 Å². The molecule has 0 radical (unpaired) electrons. The fourth-order valence-electron chi connectivity index (χ4n) is 2.07. The van der Waals surface area contributed by atoms with Crippen molar-refractivity contribution in [2.45, 2.75) is 6.92 Å². The SMILES string of the molecule is COc1cccc(NC(=O)CNc2ccc(N(C)C(C)=O)cc2)c1. The number of methoxy groups -OCH3 is 1. The lowest BCUT2D eigenvalue weighted by atomic mass is 10.2. The minimum absolute atomic E-state index is 0.0339. The molecule has 24 heavy (non-hydrogen) atoms. The van der Waals surface area contributed by atoms with E-state index in [0.717, 1.165) is 11.4 Å². The van der Waals surface area contributed by atoms with Gasteiger partial charge in [0, 0.05) is 37.1 Å². The summed E-state index contributed by atoms with van der Waals surface area (Å²) in [5.74, 6) is 0.493. The van der Waals surface area contributed by atoms with Gasteiger partial charge in [-0.3, -0.25) is 9.59 Å². The van der Waals surface area contributed by atoms with Crippen molar-refractivity contribution in [2.75, 3.05) is 36.2 Å². The van der Waals surface area contributed by atoms with Crippen LogP contribution in [0.5, 0.6) is 5.75 Å². The van der Waals surface area contributed by atoms with Crippen molar-refractivity contribution in [1.82, 2.24) is 0 Å².